The molecule has 3 rings (SSSR count). The summed E-state index contributed by atoms with van der Waals surface area (Å²) in [6.07, 6.45) is 3.82. The minimum atomic E-state index is -0.0746. The lowest BCUT2D eigenvalue weighted by atomic mass is 10.1. The van der Waals surface area contributed by atoms with Gasteiger partial charge in [0.05, 0.1) is 11.9 Å². The van der Waals surface area contributed by atoms with Crippen LogP contribution in [0.2, 0.25) is 0 Å². The van der Waals surface area contributed by atoms with Gasteiger partial charge in [0.1, 0.15) is 5.69 Å². The van der Waals surface area contributed by atoms with Crippen LogP contribution >= 0.6 is 0 Å². The lowest BCUT2D eigenvalue weighted by molar-refractivity contribution is 0.0779. The van der Waals surface area contributed by atoms with Crippen LogP contribution in [0.5, 0.6) is 0 Å². The zero-order valence-corrected chi connectivity index (χ0v) is 15.6. The number of carbonyl (C=O) groups is 1. The van der Waals surface area contributed by atoms with Crippen LogP contribution in [-0.4, -0.2) is 29.4 Å². The monoisotopic (exact) mass is 359 g/mol. The van der Waals surface area contributed by atoms with E-state index in [0.717, 1.165) is 30.6 Å². The number of aryl methyl sites for hydroxylation is 1. The largest absolute Gasteiger partial charge is 0.384 e. The van der Waals surface area contributed by atoms with E-state index in [2.05, 4.69) is 34.6 Å². The molecule has 0 fully saturated rings. The van der Waals surface area contributed by atoms with E-state index in [-0.39, 0.29) is 5.91 Å². The second kappa shape index (κ2) is 9.53. The highest BCUT2D eigenvalue weighted by Crippen LogP contribution is 2.11. The summed E-state index contributed by atoms with van der Waals surface area (Å²) in [6.45, 7) is 1.44. The number of anilines is 1. The number of hydrogen-bond acceptors (Lipinski definition) is 3. The third-order valence-electron chi connectivity index (χ3n) is 4.41. The number of pyridine rings is 1. The van der Waals surface area contributed by atoms with E-state index in [1.54, 1.807) is 24.2 Å². The quantitative estimate of drug-likeness (QED) is 0.606. The van der Waals surface area contributed by atoms with E-state index < -0.39 is 0 Å². The Bertz CT molecular complexity index is 833. The van der Waals surface area contributed by atoms with Crippen molar-refractivity contribution in [2.45, 2.75) is 19.4 Å². The Kier molecular flexibility index (Phi) is 6.58. The molecular weight excluding hydrogens is 334 g/mol. The van der Waals surface area contributed by atoms with Crippen molar-refractivity contribution in [1.29, 1.82) is 0 Å². The molecule has 0 atom stereocenters. The number of amides is 1. The molecule has 1 heterocycles. The van der Waals surface area contributed by atoms with Gasteiger partial charge in [-0.1, -0.05) is 60.7 Å². The first-order valence-electron chi connectivity index (χ1n) is 9.25. The lowest BCUT2D eigenvalue weighted by Crippen LogP contribution is -2.27. The standard InChI is InChI=1S/C23H25N3O/c1-26(18-20-11-6-3-7-12-20)23(27)22-15-14-21(17-25-22)24-16-8-13-19-9-4-2-5-10-19/h2-7,9-12,14-15,17,24H,8,13,16,18H2,1H3. The summed E-state index contributed by atoms with van der Waals surface area (Å²) in [7, 11) is 1.80. The van der Waals surface area contributed by atoms with Crippen LogP contribution in [0.3, 0.4) is 0 Å². The predicted octanol–water partition coefficient (Wildman–Crippen LogP) is 4.40. The second-order valence-electron chi connectivity index (χ2n) is 6.59. The van der Waals surface area contributed by atoms with Crippen molar-refractivity contribution in [1.82, 2.24) is 9.88 Å². The highest BCUT2D eigenvalue weighted by atomic mass is 16.2. The fraction of sp³-hybridized carbons (Fsp3) is 0.217. The number of benzene rings is 2. The molecular formula is C23H25N3O. The maximum Gasteiger partial charge on any atom is 0.272 e. The molecule has 0 unspecified atom stereocenters. The number of hydrogen-bond donors (Lipinski definition) is 1. The van der Waals surface area contributed by atoms with Crippen molar-refractivity contribution in [2.75, 3.05) is 18.9 Å². The van der Waals surface area contributed by atoms with Crippen molar-refractivity contribution >= 4 is 11.6 Å². The summed E-state index contributed by atoms with van der Waals surface area (Å²) >= 11 is 0. The van der Waals surface area contributed by atoms with Crippen LogP contribution < -0.4 is 5.32 Å². The van der Waals surface area contributed by atoms with Gasteiger partial charge in [-0.2, -0.15) is 0 Å². The van der Waals surface area contributed by atoms with Crippen molar-refractivity contribution in [3.05, 3.63) is 95.8 Å². The summed E-state index contributed by atoms with van der Waals surface area (Å²) < 4.78 is 0. The summed E-state index contributed by atoms with van der Waals surface area (Å²) in [6, 6.07) is 24.1. The summed E-state index contributed by atoms with van der Waals surface area (Å²) in [4.78, 5) is 18.5. The molecule has 0 saturated carbocycles. The Morgan fingerprint density at radius 2 is 1.59 bits per heavy atom. The fourth-order valence-corrected chi connectivity index (χ4v) is 2.92. The maximum absolute atomic E-state index is 12.5. The number of carbonyl (C=O) groups excluding carboxylic acids is 1. The molecule has 4 heteroatoms. The number of nitrogens with one attached hydrogen (secondary N) is 1. The third-order valence-corrected chi connectivity index (χ3v) is 4.41. The Labute approximate surface area is 160 Å². The van der Waals surface area contributed by atoms with Crippen LogP contribution in [0.1, 0.15) is 28.0 Å². The van der Waals surface area contributed by atoms with Crippen LogP contribution in [0, 0.1) is 0 Å². The Morgan fingerprint density at radius 3 is 2.22 bits per heavy atom. The number of aromatic nitrogens is 1. The minimum absolute atomic E-state index is 0.0746. The van der Waals surface area contributed by atoms with Crippen molar-refractivity contribution < 1.29 is 4.79 Å². The van der Waals surface area contributed by atoms with Crippen LogP contribution in [0.25, 0.3) is 0 Å². The molecule has 1 aromatic heterocycles. The topological polar surface area (TPSA) is 45.2 Å². The van der Waals surface area contributed by atoms with Crippen molar-refractivity contribution in [2.24, 2.45) is 0 Å². The molecule has 0 saturated heterocycles. The number of nitrogens with zero attached hydrogens (tertiary/aromatic N) is 2. The van der Waals surface area contributed by atoms with Gasteiger partial charge in [0.15, 0.2) is 0 Å². The molecule has 0 bridgehead atoms. The summed E-state index contributed by atoms with van der Waals surface area (Å²) in [5.41, 5.74) is 3.85. The molecule has 1 amide bonds. The maximum atomic E-state index is 12.5. The minimum Gasteiger partial charge on any atom is -0.384 e. The van der Waals surface area contributed by atoms with E-state index in [0.29, 0.717) is 12.2 Å². The molecule has 4 nitrogen and oxygen atoms in total. The highest BCUT2D eigenvalue weighted by Gasteiger charge is 2.13. The van der Waals surface area contributed by atoms with Gasteiger partial charge in [-0.3, -0.25) is 4.79 Å². The van der Waals surface area contributed by atoms with E-state index in [4.69, 9.17) is 0 Å². The highest BCUT2D eigenvalue weighted by molar-refractivity contribution is 5.92. The summed E-state index contributed by atoms with van der Waals surface area (Å²) in [5.74, 6) is -0.0746. The molecule has 3 aromatic rings. The molecule has 138 valence electrons. The molecule has 2 aromatic carbocycles. The van der Waals surface area contributed by atoms with Crippen LogP contribution in [0.15, 0.2) is 79.0 Å². The van der Waals surface area contributed by atoms with Gasteiger partial charge < -0.3 is 10.2 Å². The third kappa shape index (κ3) is 5.68. The summed E-state index contributed by atoms with van der Waals surface area (Å²) in [5, 5.41) is 3.36. The molecule has 0 spiro atoms. The van der Waals surface area contributed by atoms with Crippen LogP contribution in [0.4, 0.5) is 5.69 Å². The van der Waals surface area contributed by atoms with Gasteiger partial charge in [0.2, 0.25) is 0 Å². The average molecular weight is 359 g/mol. The molecule has 1 N–H and O–H groups in total. The lowest BCUT2D eigenvalue weighted by Gasteiger charge is -2.17. The molecule has 27 heavy (non-hydrogen) atoms. The Balaban J connectivity index is 1.47. The molecule has 0 aliphatic carbocycles. The smallest absolute Gasteiger partial charge is 0.272 e. The molecule has 0 radical (unpaired) electrons. The van der Waals surface area contributed by atoms with Crippen molar-refractivity contribution in [3.8, 4) is 0 Å². The van der Waals surface area contributed by atoms with E-state index >= 15 is 0 Å². The first-order valence-corrected chi connectivity index (χ1v) is 9.25. The zero-order valence-electron chi connectivity index (χ0n) is 15.6. The van der Waals surface area contributed by atoms with E-state index in [1.165, 1.54) is 5.56 Å². The normalized spacial score (nSPS) is 10.4. The SMILES string of the molecule is CN(Cc1ccccc1)C(=O)c1ccc(NCCCc2ccccc2)cn1. The van der Waals surface area contributed by atoms with Gasteiger partial charge >= 0.3 is 0 Å². The molecule has 0 aliphatic rings. The van der Waals surface area contributed by atoms with Crippen molar-refractivity contribution in [3.63, 3.8) is 0 Å². The van der Waals surface area contributed by atoms with Gasteiger partial charge in [-0.05, 0) is 36.1 Å². The van der Waals surface area contributed by atoms with Gasteiger partial charge in [-0.25, -0.2) is 4.98 Å². The molecule has 0 aliphatic heterocycles. The average Bonchev–Trinajstić information content (AvgIpc) is 2.72. The second-order valence-corrected chi connectivity index (χ2v) is 6.59. The first kappa shape index (κ1) is 18.6. The number of rotatable bonds is 8. The Hall–Kier alpha value is -3.14. The van der Waals surface area contributed by atoms with Gasteiger partial charge in [0, 0.05) is 20.1 Å². The first-order chi connectivity index (χ1) is 13.2. The van der Waals surface area contributed by atoms with Gasteiger partial charge in [-0.15, -0.1) is 0 Å². The van der Waals surface area contributed by atoms with Crippen LogP contribution in [-0.2, 0) is 13.0 Å². The Morgan fingerprint density at radius 1 is 0.926 bits per heavy atom. The zero-order chi connectivity index (χ0) is 18.9. The van der Waals surface area contributed by atoms with E-state index in [9.17, 15) is 4.79 Å². The fourth-order valence-electron chi connectivity index (χ4n) is 2.92. The van der Waals surface area contributed by atoms with Gasteiger partial charge in [0.25, 0.3) is 5.91 Å². The predicted molar refractivity (Wildman–Crippen MR) is 110 cm³/mol. The van der Waals surface area contributed by atoms with E-state index in [1.807, 2.05) is 42.5 Å².